The molecule has 1 aromatic rings. The van der Waals surface area contributed by atoms with Crippen molar-refractivity contribution in [2.75, 3.05) is 13.1 Å². The number of carbonyl (C=O) groups excluding carboxylic acids is 3. The van der Waals surface area contributed by atoms with Gasteiger partial charge in [0.25, 0.3) is 5.91 Å². The Bertz CT molecular complexity index is 742. The molecule has 2 unspecified atom stereocenters. The highest BCUT2D eigenvalue weighted by Crippen LogP contribution is 2.37. The number of fused-ring (bicyclic) bond motifs is 1. The van der Waals surface area contributed by atoms with E-state index in [4.69, 9.17) is 0 Å². The van der Waals surface area contributed by atoms with Crippen LogP contribution in [-0.4, -0.2) is 46.9 Å². The number of hydrogen-bond acceptors (Lipinski definition) is 5. The molecule has 0 radical (unpaired) electrons. The van der Waals surface area contributed by atoms with Crippen molar-refractivity contribution in [1.82, 2.24) is 15.5 Å². The molecule has 7 nitrogen and oxygen atoms in total. The number of aliphatic hydroxyl groups excluding tert-OH is 1. The Morgan fingerprint density at radius 1 is 1.08 bits per heavy atom. The van der Waals surface area contributed by atoms with Crippen LogP contribution in [0.15, 0.2) is 18.2 Å². The van der Waals surface area contributed by atoms with Gasteiger partial charge in [-0.3, -0.25) is 24.6 Å². The third-order valence-electron chi connectivity index (χ3n) is 5.44. The first kappa shape index (κ1) is 16.2. The molecule has 2 fully saturated rings. The summed E-state index contributed by atoms with van der Waals surface area (Å²) in [5, 5.41) is 16.3. The van der Waals surface area contributed by atoms with Crippen LogP contribution in [0.3, 0.4) is 0 Å². The summed E-state index contributed by atoms with van der Waals surface area (Å²) >= 11 is 0. The van der Waals surface area contributed by atoms with Gasteiger partial charge in [-0.25, -0.2) is 0 Å². The molecule has 1 aromatic carbocycles. The van der Waals surface area contributed by atoms with E-state index in [1.165, 1.54) is 4.90 Å². The van der Waals surface area contributed by atoms with E-state index >= 15 is 0 Å². The number of nitrogens with zero attached hydrogens (tertiary/aromatic N) is 1. The Labute approximate surface area is 145 Å². The first-order chi connectivity index (χ1) is 12.1. The maximum absolute atomic E-state index is 12.7. The largest absolute Gasteiger partial charge is 0.369 e. The molecule has 3 aliphatic heterocycles. The second-order valence-electron chi connectivity index (χ2n) is 6.92. The van der Waals surface area contributed by atoms with Crippen LogP contribution in [0.5, 0.6) is 0 Å². The minimum Gasteiger partial charge on any atom is -0.369 e. The Morgan fingerprint density at radius 3 is 2.56 bits per heavy atom. The first-order valence-electron chi connectivity index (χ1n) is 8.75. The molecule has 0 saturated carbocycles. The second-order valence-corrected chi connectivity index (χ2v) is 6.92. The van der Waals surface area contributed by atoms with Gasteiger partial charge in [0.15, 0.2) is 6.23 Å². The molecule has 2 atom stereocenters. The Hall–Kier alpha value is -2.25. The van der Waals surface area contributed by atoms with E-state index in [1.54, 1.807) is 6.07 Å². The lowest BCUT2D eigenvalue weighted by atomic mass is 9.88. The zero-order valence-electron chi connectivity index (χ0n) is 13.8. The van der Waals surface area contributed by atoms with E-state index < -0.39 is 18.2 Å². The topological polar surface area (TPSA) is 98.7 Å². The summed E-state index contributed by atoms with van der Waals surface area (Å²) in [7, 11) is 0. The summed E-state index contributed by atoms with van der Waals surface area (Å²) in [5.41, 5.74) is 2.12. The van der Waals surface area contributed by atoms with E-state index in [9.17, 15) is 19.5 Å². The Kier molecular flexibility index (Phi) is 4.05. The van der Waals surface area contributed by atoms with Crippen molar-refractivity contribution >= 4 is 17.7 Å². The van der Waals surface area contributed by atoms with E-state index in [-0.39, 0.29) is 24.7 Å². The predicted octanol–water partition coefficient (Wildman–Crippen LogP) is 0.405. The number of rotatable bonds is 2. The van der Waals surface area contributed by atoms with Gasteiger partial charge >= 0.3 is 0 Å². The van der Waals surface area contributed by atoms with Crippen molar-refractivity contribution in [3.05, 3.63) is 34.9 Å². The lowest BCUT2D eigenvalue weighted by Gasteiger charge is -2.32. The van der Waals surface area contributed by atoms with Crippen LogP contribution in [0.4, 0.5) is 0 Å². The summed E-state index contributed by atoms with van der Waals surface area (Å²) < 4.78 is 0. The number of imide groups is 1. The SMILES string of the molecule is O=C1CCC(N2C(=O)c3ccc(C4CCNCC4)cc3C2O)C(=O)N1. The van der Waals surface area contributed by atoms with Gasteiger partial charge in [0.2, 0.25) is 11.8 Å². The van der Waals surface area contributed by atoms with Crippen molar-refractivity contribution in [2.24, 2.45) is 0 Å². The number of nitrogens with one attached hydrogen (secondary N) is 2. The van der Waals surface area contributed by atoms with Gasteiger partial charge in [-0.15, -0.1) is 0 Å². The number of piperidine rings is 2. The molecule has 25 heavy (non-hydrogen) atoms. The number of carbonyl (C=O) groups is 3. The number of amides is 3. The molecule has 0 aliphatic carbocycles. The predicted molar refractivity (Wildman–Crippen MR) is 88.6 cm³/mol. The molecule has 3 N–H and O–H groups in total. The third-order valence-corrected chi connectivity index (χ3v) is 5.44. The van der Waals surface area contributed by atoms with E-state index in [1.807, 2.05) is 12.1 Å². The molecule has 0 spiro atoms. The molecule has 3 heterocycles. The van der Waals surface area contributed by atoms with E-state index in [0.717, 1.165) is 31.5 Å². The number of benzene rings is 1. The fraction of sp³-hybridized carbons (Fsp3) is 0.500. The van der Waals surface area contributed by atoms with Gasteiger partial charge in [0, 0.05) is 17.5 Å². The molecular weight excluding hydrogens is 322 g/mol. The lowest BCUT2D eigenvalue weighted by molar-refractivity contribution is -0.139. The third kappa shape index (κ3) is 2.73. The molecule has 3 amide bonds. The molecule has 0 aromatic heterocycles. The monoisotopic (exact) mass is 343 g/mol. The fourth-order valence-corrected chi connectivity index (χ4v) is 4.06. The lowest BCUT2D eigenvalue weighted by Crippen LogP contribution is -2.53. The standard InChI is InChI=1S/C18H21N3O4/c22-15-4-3-14(16(23)20-15)21-17(24)12-2-1-11(9-13(12)18(21)25)10-5-7-19-8-6-10/h1-2,9-10,14,18-19,25H,3-8H2,(H,20,22,23). The van der Waals surface area contributed by atoms with Gasteiger partial charge in [-0.05, 0) is 49.9 Å². The summed E-state index contributed by atoms with van der Waals surface area (Å²) in [4.78, 5) is 37.4. The van der Waals surface area contributed by atoms with Gasteiger partial charge < -0.3 is 10.4 Å². The zero-order chi connectivity index (χ0) is 17.6. The molecular formula is C18H21N3O4. The maximum Gasteiger partial charge on any atom is 0.257 e. The van der Waals surface area contributed by atoms with Crippen LogP contribution in [-0.2, 0) is 9.59 Å². The molecule has 3 aliphatic rings. The fourth-order valence-electron chi connectivity index (χ4n) is 4.06. The Balaban J connectivity index is 1.62. The minimum absolute atomic E-state index is 0.170. The van der Waals surface area contributed by atoms with Crippen LogP contribution < -0.4 is 10.6 Å². The number of aliphatic hydroxyl groups is 1. The van der Waals surface area contributed by atoms with Crippen molar-refractivity contribution in [3.63, 3.8) is 0 Å². The van der Waals surface area contributed by atoms with Crippen molar-refractivity contribution in [3.8, 4) is 0 Å². The molecule has 7 heteroatoms. The summed E-state index contributed by atoms with van der Waals surface area (Å²) in [6.07, 6.45) is 1.32. The quantitative estimate of drug-likeness (QED) is 0.676. The molecule has 132 valence electrons. The average molecular weight is 343 g/mol. The Morgan fingerprint density at radius 2 is 1.84 bits per heavy atom. The van der Waals surface area contributed by atoms with Crippen molar-refractivity contribution < 1.29 is 19.5 Å². The molecule has 2 saturated heterocycles. The maximum atomic E-state index is 12.7. The van der Waals surface area contributed by atoms with Crippen LogP contribution in [0.1, 0.15) is 59.3 Å². The highest BCUT2D eigenvalue weighted by molar-refractivity contribution is 6.05. The van der Waals surface area contributed by atoms with E-state index in [2.05, 4.69) is 10.6 Å². The highest BCUT2D eigenvalue weighted by Gasteiger charge is 2.44. The highest BCUT2D eigenvalue weighted by atomic mass is 16.3. The number of hydrogen-bond donors (Lipinski definition) is 3. The average Bonchev–Trinajstić information content (AvgIpc) is 2.87. The van der Waals surface area contributed by atoms with E-state index in [0.29, 0.717) is 17.0 Å². The summed E-state index contributed by atoms with van der Waals surface area (Å²) in [6, 6.07) is 4.80. The summed E-state index contributed by atoms with van der Waals surface area (Å²) in [5.74, 6) is -0.796. The van der Waals surface area contributed by atoms with Crippen LogP contribution in [0.2, 0.25) is 0 Å². The van der Waals surface area contributed by atoms with Gasteiger partial charge in [-0.1, -0.05) is 12.1 Å². The second kappa shape index (κ2) is 6.24. The normalized spacial score (nSPS) is 27.4. The van der Waals surface area contributed by atoms with Crippen LogP contribution in [0, 0.1) is 0 Å². The van der Waals surface area contributed by atoms with Crippen molar-refractivity contribution in [1.29, 1.82) is 0 Å². The minimum atomic E-state index is -1.15. The molecule has 0 bridgehead atoms. The van der Waals surface area contributed by atoms with Crippen LogP contribution >= 0.6 is 0 Å². The smallest absolute Gasteiger partial charge is 0.257 e. The van der Waals surface area contributed by atoms with Gasteiger partial charge in [0.05, 0.1) is 0 Å². The van der Waals surface area contributed by atoms with Gasteiger partial charge in [-0.2, -0.15) is 0 Å². The first-order valence-corrected chi connectivity index (χ1v) is 8.75. The van der Waals surface area contributed by atoms with Crippen LogP contribution in [0.25, 0.3) is 0 Å². The molecule has 4 rings (SSSR count). The van der Waals surface area contributed by atoms with Gasteiger partial charge in [0.1, 0.15) is 6.04 Å². The summed E-state index contributed by atoms with van der Waals surface area (Å²) in [6.45, 7) is 1.93. The zero-order valence-corrected chi connectivity index (χ0v) is 13.8. The van der Waals surface area contributed by atoms with Crippen molar-refractivity contribution in [2.45, 2.75) is 43.9 Å².